The van der Waals surface area contributed by atoms with E-state index in [4.69, 9.17) is 5.11 Å². The summed E-state index contributed by atoms with van der Waals surface area (Å²) in [6.07, 6.45) is 1.12. The Bertz CT molecular complexity index is 322. The van der Waals surface area contributed by atoms with Crippen LogP contribution in [0.1, 0.15) is 24.5 Å². The van der Waals surface area contributed by atoms with E-state index in [1.54, 1.807) is 0 Å². The fraction of sp³-hybridized carbons (Fsp3) is 0.538. The monoisotopic (exact) mass is 285 g/mol. The summed E-state index contributed by atoms with van der Waals surface area (Å²) in [6, 6.07) is 6.36. The molecule has 0 bridgehead atoms. The van der Waals surface area contributed by atoms with Crippen molar-refractivity contribution in [3.05, 3.63) is 33.8 Å². The number of nitrogens with zero attached hydrogens (tertiary/aromatic N) is 1. The molecule has 0 aromatic heterocycles. The molecule has 0 aliphatic carbocycles. The Morgan fingerprint density at radius 2 is 2.06 bits per heavy atom. The lowest BCUT2D eigenvalue weighted by atomic mass is 10.1. The number of hydrogen-bond acceptors (Lipinski definition) is 2. The van der Waals surface area contributed by atoms with Crippen molar-refractivity contribution in [2.45, 2.75) is 26.8 Å². The van der Waals surface area contributed by atoms with Gasteiger partial charge in [0.2, 0.25) is 0 Å². The zero-order valence-corrected chi connectivity index (χ0v) is 11.6. The summed E-state index contributed by atoms with van der Waals surface area (Å²) in [4.78, 5) is 2.29. The average molecular weight is 286 g/mol. The van der Waals surface area contributed by atoms with Crippen molar-refractivity contribution in [1.29, 1.82) is 0 Å². The van der Waals surface area contributed by atoms with Gasteiger partial charge >= 0.3 is 0 Å². The Morgan fingerprint density at radius 1 is 1.31 bits per heavy atom. The summed E-state index contributed by atoms with van der Waals surface area (Å²) in [5.41, 5.74) is 2.64. The predicted molar refractivity (Wildman–Crippen MR) is 71.5 cm³/mol. The summed E-state index contributed by atoms with van der Waals surface area (Å²) >= 11 is 3.47. The summed E-state index contributed by atoms with van der Waals surface area (Å²) in [5, 5.41) is 9.01. The molecule has 0 unspecified atom stereocenters. The van der Waals surface area contributed by atoms with Crippen molar-refractivity contribution in [3.63, 3.8) is 0 Å². The van der Waals surface area contributed by atoms with Gasteiger partial charge in [0.15, 0.2) is 0 Å². The molecule has 0 radical (unpaired) electrons. The second-order valence-electron chi connectivity index (χ2n) is 4.07. The lowest BCUT2D eigenvalue weighted by Gasteiger charge is -2.21. The van der Waals surface area contributed by atoms with Crippen LogP contribution in [0.2, 0.25) is 0 Å². The Kier molecular flexibility index (Phi) is 6.03. The highest BCUT2D eigenvalue weighted by molar-refractivity contribution is 9.10. The van der Waals surface area contributed by atoms with E-state index in [0.29, 0.717) is 0 Å². The minimum Gasteiger partial charge on any atom is -0.395 e. The molecular weight excluding hydrogens is 266 g/mol. The molecule has 1 rings (SSSR count). The van der Waals surface area contributed by atoms with Crippen molar-refractivity contribution in [1.82, 2.24) is 4.90 Å². The van der Waals surface area contributed by atoms with E-state index in [9.17, 15) is 0 Å². The average Bonchev–Trinajstić information content (AvgIpc) is 2.23. The highest BCUT2D eigenvalue weighted by Gasteiger charge is 2.06. The summed E-state index contributed by atoms with van der Waals surface area (Å²) in [7, 11) is 0. The first-order valence-electron chi connectivity index (χ1n) is 5.75. The topological polar surface area (TPSA) is 23.5 Å². The van der Waals surface area contributed by atoms with Crippen molar-refractivity contribution >= 4 is 15.9 Å². The first kappa shape index (κ1) is 13.7. The predicted octanol–water partition coefficient (Wildman–Crippen LogP) is 2.96. The fourth-order valence-corrected chi connectivity index (χ4v) is 2.28. The number of aliphatic hydroxyl groups is 1. The summed E-state index contributed by atoms with van der Waals surface area (Å²) < 4.78 is 1.12. The molecular formula is C13H20BrNO. The zero-order valence-electron chi connectivity index (χ0n) is 10.0. The van der Waals surface area contributed by atoms with Crippen LogP contribution in [0, 0.1) is 6.92 Å². The second kappa shape index (κ2) is 7.05. The highest BCUT2D eigenvalue weighted by atomic mass is 79.9. The van der Waals surface area contributed by atoms with Crippen molar-refractivity contribution in [2.75, 3.05) is 19.7 Å². The SMILES string of the molecule is CCCN(CCO)Cc1ccc(Br)cc1C. The van der Waals surface area contributed by atoms with E-state index in [1.165, 1.54) is 11.1 Å². The molecule has 0 spiro atoms. The summed E-state index contributed by atoms with van der Waals surface area (Å²) in [5.74, 6) is 0. The van der Waals surface area contributed by atoms with Gasteiger partial charge in [-0.3, -0.25) is 4.90 Å². The number of aliphatic hydroxyl groups excluding tert-OH is 1. The molecule has 1 N–H and O–H groups in total. The lowest BCUT2D eigenvalue weighted by molar-refractivity contribution is 0.190. The van der Waals surface area contributed by atoms with Crippen LogP contribution in [-0.2, 0) is 6.54 Å². The molecule has 1 aromatic rings. The van der Waals surface area contributed by atoms with Crippen LogP contribution in [0.5, 0.6) is 0 Å². The molecule has 0 atom stereocenters. The Labute approximate surface area is 106 Å². The first-order valence-corrected chi connectivity index (χ1v) is 6.55. The lowest BCUT2D eigenvalue weighted by Crippen LogP contribution is -2.27. The van der Waals surface area contributed by atoms with Gasteiger partial charge in [-0.1, -0.05) is 28.9 Å². The van der Waals surface area contributed by atoms with E-state index in [2.05, 4.69) is 52.9 Å². The van der Waals surface area contributed by atoms with E-state index >= 15 is 0 Å². The van der Waals surface area contributed by atoms with Gasteiger partial charge in [-0.25, -0.2) is 0 Å². The van der Waals surface area contributed by atoms with Gasteiger partial charge in [-0.15, -0.1) is 0 Å². The molecule has 0 aliphatic heterocycles. The third-order valence-electron chi connectivity index (χ3n) is 2.65. The molecule has 1 aromatic carbocycles. The maximum Gasteiger partial charge on any atom is 0.0558 e. The first-order chi connectivity index (χ1) is 7.67. The van der Waals surface area contributed by atoms with Crippen LogP contribution in [0.3, 0.4) is 0 Å². The number of benzene rings is 1. The van der Waals surface area contributed by atoms with E-state index < -0.39 is 0 Å². The van der Waals surface area contributed by atoms with E-state index in [1.807, 2.05) is 0 Å². The van der Waals surface area contributed by atoms with Crippen LogP contribution >= 0.6 is 15.9 Å². The standard InChI is InChI=1S/C13H20BrNO/c1-3-6-15(7-8-16)10-12-4-5-13(14)9-11(12)2/h4-5,9,16H,3,6-8,10H2,1-2H3. The smallest absolute Gasteiger partial charge is 0.0558 e. The van der Waals surface area contributed by atoms with E-state index in [0.717, 1.165) is 30.5 Å². The maximum absolute atomic E-state index is 9.01. The van der Waals surface area contributed by atoms with Crippen molar-refractivity contribution in [3.8, 4) is 0 Å². The van der Waals surface area contributed by atoms with Gasteiger partial charge < -0.3 is 5.11 Å². The Hall–Kier alpha value is -0.380. The molecule has 16 heavy (non-hydrogen) atoms. The molecule has 3 heteroatoms. The van der Waals surface area contributed by atoms with Gasteiger partial charge in [0.1, 0.15) is 0 Å². The van der Waals surface area contributed by atoms with Crippen LogP contribution in [0.15, 0.2) is 22.7 Å². The normalized spacial score (nSPS) is 11.1. The minimum absolute atomic E-state index is 0.232. The second-order valence-corrected chi connectivity index (χ2v) is 4.99. The fourth-order valence-electron chi connectivity index (χ4n) is 1.81. The number of hydrogen-bond donors (Lipinski definition) is 1. The summed E-state index contributed by atoms with van der Waals surface area (Å²) in [6.45, 7) is 7.24. The molecule has 0 saturated carbocycles. The van der Waals surface area contributed by atoms with Crippen LogP contribution in [0.25, 0.3) is 0 Å². The third-order valence-corrected chi connectivity index (χ3v) is 3.15. The number of rotatable bonds is 6. The van der Waals surface area contributed by atoms with Crippen LogP contribution < -0.4 is 0 Å². The van der Waals surface area contributed by atoms with Crippen molar-refractivity contribution in [2.24, 2.45) is 0 Å². The third kappa shape index (κ3) is 4.24. The number of halogens is 1. The largest absolute Gasteiger partial charge is 0.395 e. The zero-order chi connectivity index (χ0) is 12.0. The van der Waals surface area contributed by atoms with Gasteiger partial charge in [0.05, 0.1) is 6.61 Å². The van der Waals surface area contributed by atoms with Crippen LogP contribution in [-0.4, -0.2) is 29.7 Å². The molecule has 0 saturated heterocycles. The molecule has 2 nitrogen and oxygen atoms in total. The molecule has 0 amide bonds. The van der Waals surface area contributed by atoms with Gasteiger partial charge in [-0.05, 0) is 43.1 Å². The van der Waals surface area contributed by atoms with Crippen molar-refractivity contribution < 1.29 is 5.11 Å². The molecule has 0 heterocycles. The van der Waals surface area contributed by atoms with Gasteiger partial charge in [0, 0.05) is 17.6 Å². The molecule has 0 fully saturated rings. The number of aryl methyl sites for hydroxylation is 1. The van der Waals surface area contributed by atoms with Crippen LogP contribution in [0.4, 0.5) is 0 Å². The molecule has 90 valence electrons. The Morgan fingerprint density at radius 3 is 2.62 bits per heavy atom. The highest BCUT2D eigenvalue weighted by Crippen LogP contribution is 2.17. The van der Waals surface area contributed by atoms with E-state index in [-0.39, 0.29) is 6.61 Å². The minimum atomic E-state index is 0.232. The van der Waals surface area contributed by atoms with Gasteiger partial charge in [-0.2, -0.15) is 0 Å². The van der Waals surface area contributed by atoms with Gasteiger partial charge in [0.25, 0.3) is 0 Å². The quantitative estimate of drug-likeness (QED) is 0.869. The molecule has 0 aliphatic rings. The maximum atomic E-state index is 9.01. The Balaban J connectivity index is 2.68.